The van der Waals surface area contributed by atoms with Crippen LogP contribution in [0.1, 0.15) is 50.7 Å². The van der Waals surface area contributed by atoms with Crippen molar-refractivity contribution >= 4 is 50.8 Å². The number of furan rings is 1. The fourth-order valence-corrected chi connectivity index (χ4v) is 9.50. The molecule has 5 nitrogen and oxygen atoms in total. The third-order valence-electron chi connectivity index (χ3n) is 10.4. The molecule has 9 rings (SSSR count). The molecule has 0 aliphatic rings. The number of hydrogen-bond acceptors (Lipinski definition) is 4. The first-order valence-corrected chi connectivity index (χ1v) is 26.8. The van der Waals surface area contributed by atoms with Crippen LogP contribution in [0.5, 0.6) is 0 Å². The third-order valence-corrected chi connectivity index (χ3v) is 14.6. The van der Waals surface area contributed by atoms with E-state index in [9.17, 15) is 0 Å². The van der Waals surface area contributed by atoms with E-state index in [1.165, 1.54) is 21.2 Å². The molecule has 0 fully saturated rings. The molecule has 287 valence electrons. The van der Waals surface area contributed by atoms with Crippen molar-refractivity contribution in [3.63, 3.8) is 0 Å². The first-order chi connectivity index (χ1) is 27.1. The van der Waals surface area contributed by atoms with E-state index in [-0.39, 0.29) is 20.1 Å². The van der Waals surface area contributed by atoms with E-state index >= 15 is 0 Å². The molecule has 0 aliphatic heterocycles. The van der Waals surface area contributed by atoms with Gasteiger partial charge in [-0.15, -0.1) is 11.6 Å². The number of rotatable bonds is 7. The Bertz CT molecular complexity index is 2760. The Morgan fingerprint density at radius 1 is 0.684 bits per heavy atom. The van der Waals surface area contributed by atoms with Crippen LogP contribution in [-0.2, 0) is 20.1 Å². The summed E-state index contributed by atoms with van der Waals surface area (Å²) in [6, 6.07) is 50.6. The van der Waals surface area contributed by atoms with E-state index in [1.54, 1.807) is 6.20 Å². The zero-order chi connectivity index (χ0) is 39.0. The van der Waals surface area contributed by atoms with Crippen LogP contribution in [0.4, 0.5) is 0 Å². The summed E-state index contributed by atoms with van der Waals surface area (Å²) in [5, 5.41) is 0.984. The van der Waals surface area contributed by atoms with Crippen molar-refractivity contribution in [1.29, 1.82) is 0 Å². The molecule has 9 aromatic rings. The normalized spacial score (nSPS) is 11.6. The quantitative estimate of drug-likeness (QED) is 0.118. The van der Waals surface area contributed by atoms with Crippen LogP contribution in [-0.4, -0.2) is 32.8 Å². The van der Waals surface area contributed by atoms with E-state index in [4.69, 9.17) is 14.4 Å². The van der Waals surface area contributed by atoms with Gasteiger partial charge in [0.2, 0.25) is 0 Å². The molecular weight excluding hydrogens is 937 g/mol. The monoisotopic (exact) mass is 985 g/mol. The third kappa shape index (κ3) is 8.04. The Balaban J connectivity index is 0.000000246. The van der Waals surface area contributed by atoms with Gasteiger partial charge in [0.25, 0.3) is 0 Å². The number of hydrogen-bond donors (Lipinski definition) is 0. The molecule has 7 heteroatoms. The molecule has 4 aromatic heterocycles. The Hall–Kier alpha value is -5.14. The minimum absolute atomic E-state index is 0. The van der Waals surface area contributed by atoms with E-state index < -0.39 is 13.3 Å². The number of imidazole rings is 1. The Morgan fingerprint density at radius 3 is 2.07 bits per heavy atom. The van der Waals surface area contributed by atoms with Gasteiger partial charge in [0, 0.05) is 37.0 Å². The summed E-state index contributed by atoms with van der Waals surface area (Å²) in [4.78, 5) is 14.4. The van der Waals surface area contributed by atoms with Crippen LogP contribution in [0.25, 0.3) is 72.6 Å². The Morgan fingerprint density at radius 2 is 1.40 bits per heavy atom. The minimum Gasteiger partial charge on any atom is 0 e. The van der Waals surface area contributed by atoms with E-state index in [2.05, 4.69) is 158 Å². The van der Waals surface area contributed by atoms with Gasteiger partial charge in [0.05, 0.1) is 22.1 Å². The van der Waals surface area contributed by atoms with Crippen LogP contribution >= 0.6 is 0 Å². The molecule has 0 N–H and O–H groups in total. The van der Waals surface area contributed by atoms with Crippen LogP contribution in [0.3, 0.4) is 0 Å². The minimum atomic E-state index is -1.72. The van der Waals surface area contributed by atoms with Crippen LogP contribution in [0.2, 0.25) is 17.3 Å². The molecule has 0 bridgehead atoms. The van der Waals surface area contributed by atoms with E-state index in [1.807, 2.05) is 42.6 Å². The second kappa shape index (κ2) is 16.8. The molecule has 0 atom stereocenters. The van der Waals surface area contributed by atoms with Gasteiger partial charge in [-0.1, -0.05) is 94.4 Å². The maximum absolute atomic E-state index is 6.60. The van der Waals surface area contributed by atoms with Gasteiger partial charge in [0.1, 0.15) is 5.58 Å². The summed E-state index contributed by atoms with van der Waals surface area (Å²) in [6.45, 7) is 9.01. The summed E-state index contributed by atoms with van der Waals surface area (Å²) in [5.74, 6) is 8.63. The number of benzene rings is 5. The predicted octanol–water partition coefficient (Wildman–Crippen LogP) is 12.8. The number of fused-ring (bicyclic) bond motifs is 4. The molecule has 1 radical (unpaired) electrons. The van der Waals surface area contributed by atoms with Gasteiger partial charge >= 0.3 is 99.8 Å². The van der Waals surface area contributed by atoms with E-state index in [0.29, 0.717) is 17.4 Å². The summed E-state index contributed by atoms with van der Waals surface area (Å²) in [5.41, 5.74) is 13.2. The average Bonchev–Trinajstić information content (AvgIpc) is 3.79. The van der Waals surface area contributed by atoms with Crippen molar-refractivity contribution in [2.45, 2.75) is 56.8 Å². The second-order valence-electron chi connectivity index (χ2n) is 15.9. The summed E-state index contributed by atoms with van der Waals surface area (Å²) >= 11 is -1.72. The van der Waals surface area contributed by atoms with Crippen molar-refractivity contribution < 1.29 is 24.5 Å². The van der Waals surface area contributed by atoms with Gasteiger partial charge in [0.15, 0.2) is 0 Å². The molecule has 0 amide bonds. The zero-order valence-electron chi connectivity index (χ0n) is 33.5. The molecule has 0 spiro atoms. The summed E-state index contributed by atoms with van der Waals surface area (Å²) in [7, 11) is 0. The maximum Gasteiger partial charge on any atom is 0 e. The standard InChI is InChI=1S/C36H30N3O.C14H16GeN.Ir/c1-22(2)26-13-10-14-27(23(3)4)34(26)39-31-16-9-8-15-30(31)38-36(39)29-19-20-37-33-28-18-17-25(21-32(28)40-35(29)33)24-11-6-5-7-12-24;1-15(2,3)13-9-10-14(16-11-13)12-7-5-4-6-8-12;/h5-18,20-23H,1-4H3;4-7,9-11H,1-3H3;/q2*-1;. The molecule has 0 unspecified atom stereocenters. The van der Waals surface area contributed by atoms with Gasteiger partial charge in [-0.2, -0.15) is 0 Å². The number of para-hydroxylation sites is 3. The predicted molar refractivity (Wildman–Crippen MR) is 236 cm³/mol. The molecule has 4 heterocycles. The summed E-state index contributed by atoms with van der Waals surface area (Å²) < 4.78 is 10.4. The first kappa shape index (κ1) is 40.1. The van der Waals surface area contributed by atoms with Crippen molar-refractivity contribution in [2.24, 2.45) is 0 Å². The van der Waals surface area contributed by atoms with Gasteiger partial charge in [-0.25, -0.2) is 0 Å². The van der Waals surface area contributed by atoms with Crippen molar-refractivity contribution in [2.75, 3.05) is 0 Å². The van der Waals surface area contributed by atoms with Crippen molar-refractivity contribution in [3.05, 3.63) is 163 Å². The number of nitrogens with zero attached hydrogens (tertiary/aromatic N) is 4. The van der Waals surface area contributed by atoms with Crippen molar-refractivity contribution in [3.8, 4) is 39.5 Å². The maximum atomic E-state index is 6.60. The Labute approximate surface area is 352 Å². The van der Waals surface area contributed by atoms with Gasteiger partial charge < -0.3 is 8.98 Å². The largest absolute Gasteiger partial charge is 0 e. The van der Waals surface area contributed by atoms with Crippen LogP contribution in [0.15, 0.2) is 144 Å². The molecule has 0 aliphatic carbocycles. The fourth-order valence-electron chi connectivity index (χ4n) is 7.32. The van der Waals surface area contributed by atoms with Crippen molar-refractivity contribution in [1.82, 2.24) is 19.5 Å². The van der Waals surface area contributed by atoms with Crippen LogP contribution in [0, 0.1) is 12.1 Å². The number of pyridine rings is 2. The van der Waals surface area contributed by atoms with Gasteiger partial charge in [-0.05, 0) is 64.6 Å². The van der Waals surface area contributed by atoms with E-state index in [0.717, 1.165) is 61.3 Å². The Kier molecular flexibility index (Phi) is 11.8. The molecule has 57 heavy (non-hydrogen) atoms. The molecular formula is C50H46GeIrN4O-2. The summed E-state index contributed by atoms with van der Waals surface area (Å²) in [6.07, 6.45) is 3.79. The molecule has 5 aromatic carbocycles. The van der Waals surface area contributed by atoms with Gasteiger partial charge in [-0.3, -0.25) is 9.97 Å². The zero-order valence-corrected chi connectivity index (χ0v) is 38.0. The molecule has 0 saturated carbocycles. The fraction of sp³-hybridized carbons (Fsp3) is 0.180. The number of aromatic nitrogens is 4. The molecule has 0 saturated heterocycles. The topological polar surface area (TPSA) is 56.7 Å². The SMILES string of the molecule is CC(C)c1cccc(C(C)C)c1-n1c(-c2[c-]cnc3c2oc2cc(-c4ccccc4)ccc23)nc2ccccc21.[CH3][Ge]([CH3])([CH3])[c]1ccc(-c2[c-]cccc2)nc1.[Ir]. The van der Waals surface area contributed by atoms with Crippen LogP contribution < -0.4 is 4.40 Å². The second-order valence-corrected chi connectivity index (χ2v) is 26.6. The first-order valence-electron chi connectivity index (χ1n) is 19.4. The smallest absolute Gasteiger partial charge is 0 e. The average molecular weight is 984 g/mol.